The lowest BCUT2D eigenvalue weighted by atomic mass is 10.1. The normalized spacial score (nSPS) is 15.2. The van der Waals surface area contributed by atoms with Crippen LogP contribution >= 0.6 is 0 Å². The molecule has 0 aromatic heterocycles. The first kappa shape index (κ1) is 26.3. The second kappa shape index (κ2) is 9.75. The van der Waals surface area contributed by atoms with Crippen LogP contribution in [0.4, 0.5) is 5.69 Å². The van der Waals surface area contributed by atoms with Crippen LogP contribution in [0.3, 0.4) is 0 Å². The van der Waals surface area contributed by atoms with Crippen LogP contribution in [0.1, 0.15) is 11.1 Å². The number of amidine groups is 1. The van der Waals surface area contributed by atoms with E-state index in [1.54, 1.807) is 54.6 Å². The number of carbonyl (C=O) groups excluding carboxylic acids is 1. The summed E-state index contributed by atoms with van der Waals surface area (Å²) in [4.78, 5) is 18.1. The van der Waals surface area contributed by atoms with E-state index in [1.807, 2.05) is 0 Å². The summed E-state index contributed by atoms with van der Waals surface area (Å²) in [5.74, 6) is -0.137. The van der Waals surface area contributed by atoms with Gasteiger partial charge in [0.05, 0.1) is 12.8 Å². The number of hydrogen-bond donors (Lipinski definition) is 2. The van der Waals surface area contributed by atoms with Crippen molar-refractivity contribution in [2.75, 3.05) is 12.0 Å². The number of aliphatic imine (C=N–C) groups is 1. The fourth-order valence-electron chi connectivity index (χ4n) is 4.42. The second-order valence-electron chi connectivity index (χ2n) is 8.43. The molecule has 0 aliphatic carbocycles. The van der Waals surface area contributed by atoms with Crippen LogP contribution in [-0.2, 0) is 25.0 Å². The van der Waals surface area contributed by atoms with Crippen molar-refractivity contribution < 1.29 is 35.5 Å². The molecular formula is C27H20N2O8S2. The molecule has 0 unspecified atom stereocenters. The summed E-state index contributed by atoms with van der Waals surface area (Å²) in [6, 6.07) is 21.5. The van der Waals surface area contributed by atoms with Crippen LogP contribution in [0.15, 0.2) is 105 Å². The number of anilines is 1. The van der Waals surface area contributed by atoms with Gasteiger partial charge in [-0.25, -0.2) is 4.99 Å². The number of para-hydroxylation sites is 1. The molecule has 2 N–H and O–H groups in total. The zero-order valence-corrected chi connectivity index (χ0v) is 21.8. The molecule has 198 valence electrons. The molecule has 0 atom stereocenters. The predicted molar refractivity (Wildman–Crippen MR) is 145 cm³/mol. The van der Waals surface area contributed by atoms with Crippen LogP contribution in [-0.4, -0.2) is 44.8 Å². The van der Waals surface area contributed by atoms with Gasteiger partial charge in [-0.3, -0.25) is 18.8 Å². The molecule has 0 spiro atoms. The fourth-order valence-corrected chi connectivity index (χ4v) is 6.00. The average Bonchev–Trinajstić information content (AvgIpc) is 3.22. The maximum absolute atomic E-state index is 13.8. The Morgan fingerprint density at radius 1 is 0.795 bits per heavy atom. The van der Waals surface area contributed by atoms with E-state index in [0.717, 1.165) is 11.0 Å². The topological polar surface area (TPSA) is 151 Å². The minimum atomic E-state index is -5.04. The van der Waals surface area contributed by atoms with Gasteiger partial charge in [-0.2, -0.15) is 16.8 Å². The van der Waals surface area contributed by atoms with Crippen LogP contribution in [0.2, 0.25) is 0 Å². The number of carbonyl (C=O) groups is 1. The van der Waals surface area contributed by atoms with Gasteiger partial charge in [0.1, 0.15) is 27.1 Å². The molecule has 0 bridgehead atoms. The summed E-state index contributed by atoms with van der Waals surface area (Å²) in [6.45, 7) is 0. The van der Waals surface area contributed by atoms with Crippen molar-refractivity contribution in [3.8, 4) is 5.75 Å². The van der Waals surface area contributed by atoms with E-state index >= 15 is 0 Å². The quantitative estimate of drug-likeness (QED) is 0.262. The van der Waals surface area contributed by atoms with Crippen molar-refractivity contribution >= 4 is 54.5 Å². The van der Waals surface area contributed by atoms with Gasteiger partial charge in [-0.15, -0.1) is 0 Å². The largest absolute Gasteiger partial charge is 0.496 e. The SMILES string of the molecule is COc1ccccc1C=C1N=C(c2ccccc2)N(c2ccc3c(S(=O)(=O)O)cccc3c2S(=O)(=O)O)C1=O. The molecule has 1 heterocycles. The summed E-state index contributed by atoms with van der Waals surface area (Å²) >= 11 is 0. The lowest BCUT2D eigenvalue weighted by Gasteiger charge is -2.22. The Hall–Kier alpha value is -4.36. The van der Waals surface area contributed by atoms with Crippen LogP contribution in [0.5, 0.6) is 5.75 Å². The van der Waals surface area contributed by atoms with Crippen molar-refractivity contribution in [1.29, 1.82) is 0 Å². The van der Waals surface area contributed by atoms with E-state index in [9.17, 15) is 30.7 Å². The third-order valence-corrected chi connectivity index (χ3v) is 7.91. The fraction of sp³-hybridized carbons (Fsp3) is 0.0370. The van der Waals surface area contributed by atoms with E-state index in [1.165, 1.54) is 37.5 Å². The number of methoxy groups -OCH3 is 1. The smallest absolute Gasteiger partial charge is 0.297 e. The van der Waals surface area contributed by atoms with Crippen molar-refractivity contribution in [2.45, 2.75) is 9.79 Å². The van der Waals surface area contributed by atoms with E-state index < -0.39 is 35.9 Å². The summed E-state index contributed by atoms with van der Waals surface area (Å²) in [5.41, 5.74) is 0.731. The number of fused-ring (bicyclic) bond motifs is 1. The zero-order valence-electron chi connectivity index (χ0n) is 20.2. The van der Waals surface area contributed by atoms with Gasteiger partial charge in [0, 0.05) is 21.9 Å². The first-order valence-corrected chi connectivity index (χ1v) is 14.2. The first-order valence-electron chi connectivity index (χ1n) is 11.3. The minimum Gasteiger partial charge on any atom is -0.496 e. The maximum atomic E-state index is 13.8. The lowest BCUT2D eigenvalue weighted by molar-refractivity contribution is -0.113. The molecule has 4 aromatic rings. The van der Waals surface area contributed by atoms with Gasteiger partial charge in [0.2, 0.25) is 0 Å². The Morgan fingerprint density at radius 2 is 1.49 bits per heavy atom. The summed E-state index contributed by atoms with van der Waals surface area (Å²) in [6.07, 6.45) is 1.49. The van der Waals surface area contributed by atoms with Gasteiger partial charge in [0.15, 0.2) is 0 Å². The molecule has 5 rings (SSSR count). The summed E-state index contributed by atoms with van der Waals surface area (Å²) in [5, 5.41) is -0.376. The lowest BCUT2D eigenvalue weighted by Crippen LogP contribution is -2.34. The van der Waals surface area contributed by atoms with Gasteiger partial charge < -0.3 is 4.74 Å². The Kier molecular flexibility index (Phi) is 6.56. The third-order valence-electron chi connectivity index (χ3n) is 6.05. The van der Waals surface area contributed by atoms with E-state index in [-0.39, 0.29) is 28.0 Å². The molecular weight excluding hydrogens is 544 g/mol. The van der Waals surface area contributed by atoms with Crippen LogP contribution in [0, 0.1) is 0 Å². The highest BCUT2D eigenvalue weighted by molar-refractivity contribution is 7.86. The summed E-state index contributed by atoms with van der Waals surface area (Å²) < 4.78 is 74.7. The van der Waals surface area contributed by atoms with Crippen LogP contribution in [0.25, 0.3) is 16.8 Å². The molecule has 1 amide bonds. The first-order chi connectivity index (χ1) is 18.5. The Morgan fingerprint density at radius 3 is 2.15 bits per heavy atom. The highest BCUT2D eigenvalue weighted by Crippen LogP contribution is 2.39. The molecule has 1 aliphatic rings. The Balaban J connectivity index is 1.80. The van der Waals surface area contributed by atoms with Gasteiger partial charge in [-0.05, 0) is 24.3 Å². The highest BCUT2D eigenvalue weighted by Gasteiger charge is 2.37. The summed E-state index contributed by atoms with van der Waals surface area (Å²) in [7, 11) is -8.30. The number of hydrogen-bond acceptors (Lipinski definition) is 7. The molecule has 0 fully saturated rings. The van der Waals surface area contributed by atoms with Crippen LogP contribution < -0.4 is 9.64 Å². The number of benzene rings is 4. The second-order valence-corrected chi connectivity index (χ2v) is 11.2. The molecule has 0 saturated carbocycles. The molecule has 0 saturated heterocycles. The van der Waals surface area contributed by atoms with Gasteiger partial charge >= 0.3 is 0 Å². The van der Waals surface area contributed by atoms with E-state index in [4.69, 9.17) is 4.74 Å². The molecule has 1 aliphatic heterocycles. The predicted octanol–water partition coefficient (Wildman–Crippen LogP) is 4.18. The minimum absolute atomic E-state index is 0.0357. The van der Waals surface area contributed by atoms with Crippen molar-refractivity contribution in [3.63, 3.8) is 0 Å². The molecule has 39 heavy (non-hydrogen) atoms. The van der Waals surface area contributed by atoms with Crippen molar-refractivity contribution in [2.24, 2.45) is 4.99 Å². The maximum Gasteiger partial charge on any atom is 0.297 e. The monoisotopic (exact) mass is 564 g/mol. The molecule has 10 nitrogen and oxygen atoms in total. The van der Waals surface area contributed by atoms with Crippen molar-refractivity contribution in [1.82, 2.24) is 0 Å². The number of rotatable bonds is 6. The molecule has 4 aromatic carbocycles. The Bertz CT molecular complexity index is 1920. The zero-order chi connectivity index (χ0) is 27.9. The number of amides is 1. The number of ether oxygens (including phenoxy) is 1. The molecule has 12 heteroatoms. The average molecular weight is 565 g/mol. The van der Waals surface area contributed by atoms with E-state index in [2.05, 4.69) is 4.99 Å². The third kappa shape index (κ3) is 4.81. The number of nitrogens with zero attached hydrogens (tertiary/aromatic N) is 2. The van der Waals surface area contributed by atoms with Gasteiger partial charge in [-0.1, -0.05) is 66.7 Å². The van der Waals surface area contributed by atoms with Crippen molar-refractivity contribution in [3.05, 3.63) is 102 Å². The van der Waals surface area contributed by atoms with E-state index in [0.29, 0.717) is 16.9 Å². The highest BCUT2D eigenvalue weighted by atomic mass is 32.2. The Labute approximate surface area is 224 Å². The van der Waals surface area contributed by atoms with Gasteiger partial charge in [0.25, 0.3) is 26.1 Å². The standard InChI is InChI=1S/C27H20N2O8S2/c1-37-23-12-6-5-10-18(23)16-21-27(30)29(26(28-21)17-8-3-2-4-9-17)22-15-14-19-20(25(22)39(34,35)36)11-7-13-24(19)38(31,32)33/h2-16H,1H3,(H,31,32,33)(H,34,35,36). The molecule has 0 radical (unpaired) electrons.